The molecule has 0 bridgehead atoms. The van der Waals surface area contributed by atoms with Crippen molar-refractivity contribution in [1.29, 1.82) is 0 Å². The number of hydrogen-bond donors (Lipinski definition) is 1. The van der Waals surface area contributed by atoms with Gasteiger partial charge in [0.15, 0.2) is 0 Å². The Morgan fingerprint density at radius 2 is 2.05 bits per heavy atom. The van der Waals surface area contributed by atoms with Crippen LogP contribution in [0.5, 0.6) is 0 Å². The van der Waals surface area contributed by atoms with Crippen LogP contribution in [0.2, 0.25) is 0 Å². The third-order valence-electron chi connectivity index (χ3n) is 2.87. The highest BCUT2D eigenvalue weighted by molar-refractivity contribution is 7.91. The van der Waals surface area contributed by atoms with E-state index in [1.54, 1.807) is 13.1 Å². The van der Waals surface area contributed by atoms with Crippen molar-refractivity contribution in [2.24, 2.45) is 0 Å². The second kappa shape index (κ2) is 6.83. The Hall–Kier alpha value is -0.430. The van der Waals surface area contributed by atoms with E-state index in [0.29, 0.717) is 16.8 Å². The van der Waals surface area contributed by atoms with Crippen LogP contribution >= 0.6 is 11.3 Å². The maximum atomic E-state index is 12.3. The third-order valence-corrected chi connectivity index (χ3v) is 6.42. The number of rotatable bonds is 7. The zero-order valence-electron chi connectivity index (χ0n) is 12.4. The Labute approximate surface area is 120 Å². The molecule has 1 aromatic rings. The van der Waals surface area contributed by atoms with Crippen molar-refractivity contribution in [3.63, 3.8) is 0 Å². The molecule has 0 atom stereocenters. The van der Waals surface area contributed by atoms with Gasteiger partial charge in [-0.1, -0.05) is 20.8 Å². The quantitative estimate of drug-likeness (QED) is 0.842. The molecule has 110 valence electrons. The second-order valence-corrected chi connectivity index (χ2v) is 8.44. The standard InChI is InChI=1S/C13H24N2O2S2/c1-6-7-15(5)19(16,17)13-8-11(4)12(18-13)9-14-10(2)3/h8,10,14H,6-7,9H2,1-5H3. The van der Waals surface area contributed by atoms with E-state index in [4.69, 9.17) is 0 Å². The van der Waals surface area contributed by atoms with E-state index in [1.807, 2.05) is 13.8 Å². The zero-order valence-corrected chi connectivity index (χ0v) is 14.0. The Kier molecular flexibility index (Phi) is 5.98. The van der Waals surface area contributed by atoms with E-state index in [-0.39, 0.29) is 0 Å². The molecule has 0 unspecified atom stereocenters. The largest absolute Gasteiger partial charge is 0.310 e. The first kappa shape index (κ1) is 16.6. The molecular formula is C13H24N2O2S2. The molecular weight excluding hydrogens is 280 g/mol. The summed E-state index contributed by atoms with van der Waals surface area (Å²) in [5.41, 5.74) is 1.04. The first-order valence-electron chi connectivity index (χ1n) is 6.58. The van der Waals surface area contributed by atoms with Gasteiger partial charge < -0.3 is 5.32 Å². The van der Waals surface area contributed by atoms with Gasteiger partial charge in [-0.15, -0.1) is 11.3 Å². The molecule has 0 saturated heterocycles. The number of nitrogens with one attached hydrogen (secondary N) is 1. The fourth-order valence-corrected chi connectivity index (χ4v) is 4.69. The van der Waals surface area contributed by atoms with Crippen molar-refractivity contribution in [2.45, 2.75) is 50.9 Å². The fraction of sp³-hybridized carbons (Fsp3) is 0.692. The summed E-state index contributed by atoms with van der Waals surface area (Å²) >= 11 is 1.37. The van der Waals surface area contributed by atoms with E-state index < -0.39 is 10.0 Å². The topological polar surface area (TPSA) is 49.4 Å². The van der Waals surface area contributed by atoms with Crippen LogP contribution < -0.4 is 5.32 Å². The lowest BCUT2D eigenvalue weighted by atomic mass is 10.3. The highest BCUT2D eigenvalue weighted by atomic mass is 32.2. The van der Waals surface area contributed by atoms with Crippen molar-refractivity contribution in [2.75, 3.05) is 13.6 Å². The molecule has 0 aliphatic heterocycles. The van der Waals surface area contributed by atoms with Gasteiger partial charge in [0.05, 0.1) is 0 Å². The molecule has 0 aromatic carbocycles. The van der Waals surface area contributed by atoms with E-state index in [1.165, 1.54) is 15.6 Å². The molecule has 0 saturated carbocycles. The van der Waals surface area contributed by atoms with Crippen molar-refractivity contribution >= 4 is 21.4 Å². The van der Waals surface area contributed by atoms with Crippen molar-refractivity contribution in [1.82, 2.24) is 9.62 Å². The van der Waals surface area contributed by atoms with Crippen molar-refractivity contribution in [3.8, 4) is 0 Å². The van der Waals surface area contributed by atoms with Gasteiger partial charge >= 0.3 is 0 Å². The van der Waals surface area contributed by atoms with Crippen LogP contribution in [0.4, 0.5) is 0 Å². The van der Waals surface area contributed by atoms with Gasteiger partial charge in [0.1, 0.15) is 4.21 Å². The minimum absolute atomic E-state index is 0.393. The van der Waals surface area contributed by atoms with Crippen LogP contribution in [0.15, 0.2) is 10.3 Å². The third kappa shape index (κ3) is 4.27. The highest BCUT2D eigenvalue weighted by Gasteiger charge is 2.23. The molecule has 0 spiro atoms. The molecule has 1 heterocycles. The summed E-state index contributed by atoms with van der Waals surface area (Å²) in [6.07, 6.45) is 0.821. The van der Waals surface area contributed by atoms with Gasteiger partial charge in [-0.05, 0) is 25.0 Å². The summed E-state index contributed by atoms with van der Waals surface area (Å²) in [6.45, 7) is 9.38. The average Bonchev–Trinajstić information content (AvgIpc) is 2.69. The van der Waals surface area contributed by atoms with E-state index >= 15 is 0 Å². The maximum Gasteiger partial charge on any atom is 0.252 e. The summed E-state index contributed by atoms with van der Waals surface area (Å²) in [5.74, 6) is 0. The predicted molar refractivity (Wildman–Crippen MR) is 81.1 cm³/mol. The fourth-order valence-electron chi connectivity index (χ4n) is 1.68. The summed E-state index contributed by atoms with van der Waals surface area (Å²) < 4.78 is 26.6. The van der Waals surface area contributed by atoms with Gasteiger partial charge in [-0.25, -0.2) is 12.7 Å². The van der Waals surface area contributed by atoms with E-state index in [9.17, 15) is 8.42 Å². The molecule has 1 rings (SSSR count). The van der Waals surface area contributed by atoms with Crippen LogP contribution in [0, 0.1) is 6.92 Å². The van der Waals surface area contributed by atoms with Gasteiger partial charge in [-0.3, -0.25) is 0 Å². The Balaban J connectivity index is 2.94. The number of nitrogens with zero attached hydrogens (tertiary/aromatic N) is 1. The van der Waals surface area contributed by atoms with Crippen molar-refractivity contribution < 1.29 is 8.42 Å². The zero-order chi connectivity index (χ0) is 14.6. The predicted octanol–water partition coefficient (Wildman–Crippen LogP) is 2.59. The second-order valence-electron chi connectivity index (χ2n) is 5.03. The number of sulfonamides is 1. The van der Waals surface area contributed by atoms with Gasteiger partial charge in [0.2, 0.25) is 0 Å². The van der Waals surface area contributed by atoms with Crippen LogP contribution in [0.25, 0.3) is 0 Å². The normalized spacial score (nSPS) is 12.6. The van der Waals surface area contributed by atoms with Crippen molar-refractivity contribution in [3.05, 3.63) is 16.5 Å². The average molecular weight is 304 g/mol. The lowest BCUT2D eigenvalue weighted by Crippen LogP contribution is -2.26. The lowest BCUT2D eigenvalue weighted by Gasteiger charge is -2.14. The SMILES string of the molecule is CCCN(C)S(=O)(=O)c1cc(C)c(CNC(C)C)s1. The number of aryl methyl sites for hydroxylation is 1. The van der Waals surface area contributed by atoms with Crippen LogP contribution in [0.3, 0.4) is 0 Å². The van der Waals surface area contributed by atoms with Crippen LogP contribution in [-0.4, -0.2) is 32.4 Å². The van der Waals surface area contributed by atoms with E-state index in [0.717, 1.165) is 23.4 Å². The Morgan fingerprint density at radius 1 is 1.42 bits per heavy atom. The summed E-state index contributed by atoms with van der Waals surface area (Å²) in [5, 5.41) is 3.32. The molecule has 0 aliphatic carbocycles. The molecule has 19 heavy (non-hydrogen) atoms. The minimum Gasteiger partial charge on any atom is -0.310 e. The summed E-state index contributed by atoms with van der Waals surface area (Å²) in [6, 6.07) is 2.17. The van der Waals surface area contributed by atoms with E-state index in [2.05, 4.69) is 19.2 Å². The maximum absolute atomic E-state index is 12.3. The lowest BCUT2D eigenvalue weighted by molar-refractivity contribution is 0.470. The minimum atomic E-state index is -3.32. The molecule has 1 N–H and O–H groups in total. The molecule has 0 aliphatic rings. The molecule has 4 nitrogen and oxygen atoms in total. The molecule has 0 amide bonds. The van der Waals surface area contributed by atoms with Gasteiger partial charge in [0, 0.05) is 31.1 Å². The first-order valence-corrected chi connectivity index (χ1v) is 8.83. The number of thiophene rings is 1. The van der Waals surface area contributed by atoms with Gasteiger partial charge in [0.25, 0.3) is 10.0 Å². The Morgan fingerprint density at radius 3 is 2.58 bits per heavy atom. The number of hydrogen-bond acceptors (Lipinski definition) is 4. The smallest absolute Gasteiger partial charge is 0.252 e. The first-order chi connectivity index (χ1) is 8.78. The summed E-state index contributed by atoms with van der Waals surface area (Å²) in [7, 11) is -1.68. The molecule has 6 heteroatoms. The monoisotopic (exact) mass is 304 g/mol. The highest BCUT2D eigenvalue weighted by Crippen LogP contribution is 2.28. The van der Waals surface area contributed by atoms with Gasteiger partial charge in [-0.2, -0.15) is 0 Å². The summed E-state index contributed by atoms with van der Waals surface area (Å²) in [4.78, 5) is 1.09. The molecule has 0 radical (unpaired) electrons. The van der Waals surface area contributed by atoms with Crippen LogP contribution in [-0.2, 0) is 16.6 Å². The van der Waals surface area contributed by atoms with Crippen LogP contribution in [0.1, 0.15) is 37.6 Å². The molecule has 1 aromatic heterocycles. The molecule has 0 fully saturated rings. The Bertz CT molecular complexity index is 507.